The predicted molar refractivity (Wildman–Crippen MR) is 57.3 cm³/mol. The first kappa shape index (κ1) is 15.4. The van der Waals surface area contributed by atoms with Crippen LogP contribution in [0.15, 0.2) is 24.3 Å². The molecular weight excluding hydrogens is 271 g/mol. The SMILES string of the molecule is CCCC(=O)c1ccc(OC(F)(F)C(F)(F)F)cc1. The van der Waals surface area contributed by atoms with Gasteiger partial charge in [-0.3, -0.25) is 4.79 Å². The average molecular weight is 282 g/mol. The van der Waals surface area contributed by atoms with Gasteiger partial charge in [-0.1, -0.05) is 6.92 Å². The van der Waals surface area contributed by atoms with Crippen LogP contribution in [0.3, 0.4) is 0 Å². The zero-order valence-electron chi connectivity index (χ0n) is 9.93. The maximum atomic E-state index is 12.6. The van der Waals surface area contributed by atoms with Crippen molar-refractivity contribution in [3.63, 3.8) is 0 Å². The van der Waals surface area contributed by atoms with E-state index in [4.69, 9.17) is 0 Å². The third-order valence-electron chi connectivity index (χ3n) is 2.23. The first-order valence-corrected chi connectivity index (χ1v) is 5.44. The van der Waals surface area contributed by atoms with Crippen LogP contribution in [0.4, 0.5) is 22.0 Å². The molecule has 0 atom stereocenters. The van der Waals surface area contributed by atoms with Crippen molar-refractivity contribution in [1.82, 2.24) is 0 Å². The standard InChI is InChI=1S/C12H11F5O2/c1-2-3-10(18)8-4-6-9(7-5-8)19-12(16,17)11(13,14)15/h4-7H,2-3H2,1H3. The quantitative estimate of drug-likeness (QED) is 0.597. The Hall–Kier alpha value is -1.66. The lowest BCUT2D eigenvalue weighted by Gasteiger charge is -2.20. The Kier molecular flexibility index (Phi) is 4.49. The fourth-order valence-electron chi connectivity index (χ4n) is 1.29. The highest BCUT2D eigenvalue weighted by molar-refractivity contribution is 5.96. The topological polar surface area (TPSA) is 26.3 Å². The van der Waals surface area contributed by atoms with Crippen LogP contribution in [-0.2, 0) is 0 Å². The van der Waals surface area contributed by atoms with Gasteiger partial charge in [0, 0.05) is 12.0 Å². The van der Waals surface area contributed by atoms with Crippen molar-refractivity contribution in [2.75, 3.05) is 0 Å². The van der Waals surface area contributed by atoms with E-state index in [1.807, 2.05) is 0 Å². The fourth-order valence-corrected chi connectivity index (χ4v) is 1.29. The molecule has 0 radical (unpaired) electrons. The summed E-state index contributed by atoms with van der Waals surface area (Å²) < 4.78 is 64.4. The summed E-state index contributed by atoms with van der Waals surface area (Å²) in [5.74, 6) is -0.869. The number of rotatable bonds is 5. The van der Waals surface area contributed by atoms with Gasteiger partial charge in [0.05, 0.1) is 0 Å². The maximum absolute atomic E-state index is 12.6. The normalized spacial score (nSPS) is 12.3. The van der Waals surface area contributed by atoms with E-state index in [2.05, 4.69) is 4.74 Å². The number of ether oxygens (including phenoxy) is 1. The highest BCUT2D eigenvalue weighted by Crippen LogP contribution is 2.37. The molecule has 0 aliphatic heterocycles. The van der Waals surface area contributed by atoms with Crippen LogP contribution in [0, 0.1) is 0 Å². The predicted octanol–water partition coefficient (Wildman–Crippen LogP) is 4.20. The van der Waals surface area contributed by atoms with Crippen LogP contribution in [0.25, 0.3) is 0 Å². The lowest BCUT2D eigenvalue weighted by Crippen LogP contribution is -2.41. The van der Waals surface area contributed by atoms with E-state index in [1.54, 1.807) is 6.92 Å². The molecule has 0 amide bonds. The molecule has 0 aliphatic carbocycles. The van der Waals surface area contributed by atoms with Crippen LogP contribution < -0.4 is 4.74 Å². The van der Waals surface area contributed by atoms with Crippen molar-refractivity contribution in [1.29, 1.82) is 0 Å². The number of ketones is 1. The zero-order chi connectivity index (χ0) is 14.7. The Balaban J connectivity index is 2.81. The Morgan fingerprint density at radius 1 is 1.11 bits per heavy atom. The van der Waals surface area contributed by atoms with E-state index in [0.29, 0.717) is 6.42 Å². The zero-order valence-corrected chi connectivity index (χ0v) is 9.93. The molecule has 0 fully saturated rings. The second-order valence-corrected chi connectivity index (χ2v) is 3.81. The monoisotopic (exact) mass is 282 g/mol. The number of benzene rings is 1. The summed E-state index contributed by atoms with van der Waals surface area (Å²) in [6, 6.07) is 4.12. The average Bonchev–Trinajstić information content (AvgIpc) is 2.28. The van der Waals surface area contributed by atoms with Gasteiger partial charge in [0.1, 0.15) is 5.75 Å². The summed E-state index contributed by atoms with van der Waals surface area (Å²) in [7, 11) is 0. The van der Waals surface area contributed by atoms with Crippen LogP contribution in [0.5, 0.6) is 5.75 Å². The number of Topliss-reactive ketones (excluding diaryl/α,β-unsaturated/α-hetero) is 1. The molecule has 0 saturated carbocycles. The molecule has 0 unspecified atom stereocenters. The Morgan fingerprint density at radius 3 is 2.05 bits per heavy atom. The van der Waals surface area contributed by atoms with Crippen molar-refractivity contribution in [2.45, 2.75) is 32.1 Å². The molecule has 106 valence electrons. The molecular formula is C12H11F5O2. The van der Waals surface area contributed by atoms with Gasteiger partial charge >= 0.3 is 12.3 Å². The summed E-state index contributed by atoms with van der Waals surface area (Å²) in [5.41, 5.74) is 0.240. The molecule has 19 heavy (non-hydrogen) atoms. The van der Waals surface area contributed by atoms with Gasteiger partial charge < -0.3 is 4.74 Å². The van der Waals surface area contributed by atoms with Gasteiger partial charge in [0.2, 0.25) is 0 Å². The van der Waals surface area contributed by atoms with Gasteiger partial charge in [0.15, 0.2) is 5.78 Å². The highest BCUT2D eigenvalue weighted by Gasteiger charge is 2.61. The molecule has 1 rings (SSSR count). The van der Waals surface area contributed by atoms with Gasteiger partial charge in [-0.05, 0) is 30.7 Å². The van der Waals surface area contributed by atoms with Crippen molar-refractivity contribution in [3.8, 4) is 5.75 Å². The molecule has 1 aromatic carbocycles. The summed E-state index contributed by atoms with van der Waals surface area (Å²) in [6.07, 6.45) is -10.2. The van der Waals surface area contributed by atoms with E-state index in [1.165, 1.54) is 0 Å². The molecule has 7 heteroatoms. The number of hydrogen-bond donors (Lipinski definition) is 0. The Morgan fingerprint density at radius 2 is 1.63 bits per heavy atom. The molecule has 0 saturated heterocycles. The van der Waals surface area contributed by atoms with Crippen molar-refractivity contribution in [3.05, 3.63) is 29.8 Å². The summed E-state index contributed by atoms with van der Waals surface area (Å²) >= 11 is 0. The number of carbonyl (C=O) groups excluding carboxylic acids is 1. The first-order chi connectivity index (χ1) is 8.67. The van der Waals surface area contributed by atoms with Crippen LogP contribution in [0.1, 0.15) is 30.1 Å². The second kappa shape index (κ2) is 5.54. The van der Waals surface area contributed by atoms with E-state index in [-0.39, 0.29) is 17.8 Å². The minimum Gasteiger partial charge on any atom is -0.426 e. The van der Waals surface area contributed by atoms with Crippen LogP contribution >= 0.6 is 0 Å². The fraction of sp³-hybridized carbons (Fsp3) is 0.417. The smallest absolute Gasteiger partial charge is 0.426 e. The Labute approximate surface area is 106 Å². The van der Waals surface area contributed by atoms with Gasteiger partial charge in [-0.25, -0.2) is 0 Å². The molecule has 0 aromatic heterocycles. The van der Waals surface area contributed by atoms with E-state index >= 15 is 0 Å². The van der Waals surface area contributed by atoms with Crippen molar-refractivity contribution >= 4 is 5.78 Å². The first-order valence-electron chi connectivity index (χ1n) is 5.44. The minimum absolute atomic E-state index is 0.211. The number of halogens is 5. The molecule has 0 heterocycles. The van der Waals surface area contributed by atoms with E-state index in [0.717, 1.165) is 24.3 Å². The molecule has 2 nitrogen and oxygen atoms in total. The van der Waals surface area contributed by atoms with Gasteiger partial charge in [-0.2, -0.15) is 22.0 Å². The lowest BCUT2D eigenvalue weighted by atomic mass is 10.1. The van der Waals surface area contributed by atoms with Crippen molar-refractivity contribution in [2.24, 2.45) is 0 Å². The minimum atomic E-state index is -5.79. The molecule has 0 bridgehead atoms. The van der Waals surface area contributed by atoms with Crippen molar-refractivity contribution < 1.29 is 31.5 Å². The van der Waals surface area contributed by atoms with E-state index in [9.17, 15) is 26.7 Å². The number of alkyl halides is 5. The van der Waals surface area contributed by atoms with Gasteiger partial charge in [-0.15, -0.1) is 0 Å². The number of hydrogen-bond acceptors (Lipinski definition) is 2. The van der Waals surface area contributed by atoms with Crippen LogP contribution in [0.2, 0.25) is 0 Å². The van der Waals surface area contributed by atoms with Gasteiger partial charge in [0.25, 0.3) is 0 Å². The highest BCUT2D eigenvalue weighted by atomic mass is 19.4. The second-order valence-electron chi connectivity index (χ2n) is 3.81. The van der Waals surface area contributed by atoms with E-state index < -0.39 is 18.0 Å². The summed E-state index contributed by atoms with van der Waals surface area (Å²) in [4.78, 5) is 11.4. The largest absolute Gasteiger partial charge is 0.499 e. The Bertz CT molecular complexity index is 436. The molecule has 1 aromatic rings. The summed E-state index contributed by atoms with van der Waals surface area (Å²) in [6.45, 7) is 1.79. The molecule has 0 aliphatic rings. The lowest BCUT2D eigenvalue weighted by molar-refractivity contribution is -0.360. The third-order valence-corrected chi connectivity index (χ3v) is 2.23. The summed E-state index contributed by atoms with van der Waals surface area (Å²) in [5, 5.41) is 0. The van der Waals surface area contributed by atoms with Crippen LogP contribution in [-0.4, -0.2) is 18.1 Å². The maximum Gasteiger partial charge on any atom is 0.499 e. The third kappa shape index (κ3) is 3.90. The molecule has 0 spiro atoms. The molecule has 0 N–H and O–H groups in total. The number of carbonyl (C=O) groups is 1.